The zero-order chi connectivity index (χ0) is 27.8. The summed E-state index contributed by atoms with van der Waals surface area (Å²) in [5.74, 6) is 0.943. The van der Waals surface area contributed by atoms with Gasteiger partial charge in [-0.3, -0.25) is 9.69 Å². The van der Waals surface area contributed by atoms with Gasteiger partial charge >= 0.3 is 5.97 Å². The third kappa shape index (κ3) is 8.13. The first kappa shape index (κ1) is 29.2. The van der Waals surface area contributed by atoms with Gasteiger partial charge in [-0.15, -0.1) is 0 Å². The van der Waals surface area contributed by atoms with Gasteiger partial charge in [0.2, 0.25) is 12.7 Å². The van der Waals surface area contributed by atoms with Crippen molar-refractivity contribution >= 4 is 45.8 Å². The number of esters is 1. The molecule has 2 heterocycles. The highest BCUT2D eigenvalue weighted by atomic mass is 35.5. The number of pyridine rings is 1. The Hall–Kier alpha value is -2.74. The molecule has 1 aliphatic heterocycles. The lowest BCUT2D eigenvalue weighted by Gasteiger charge is -2.36. The van der Waals surface area contributed by atoms with Gasteiger partial charge in [-0.25, -0.2) is 4.98 Å². The zero-order valence-corrected chi connectivity index (χ0v) is 24.4. The number of hydrogen-bond donors (Lipinski definition) is 0. The van der Waals surface area contributed by atoms with Crippen LogP contribution in [0.25, 0.3) is 10.9 Å². The van der Waals surface area contributed by atoms with Crippen LogP contribution in [0, 0.1) is 11.8 Å². The van der Waals surface area contributed by atoms with E-state index in [2.05, 4.69) is 14.8 Å². The number of hydrogen-bond acceptors (Lipinski definition) is 7. The van der Waals surface area contributed by atoms with Crippen LogP contribution in [0.15, 0.2) is 48.5 Å². The molecule has 1 aliphatic rings. The van der Waals surface area contributed by atoms with Crippen LogP contribution in [0.4, 0.5) is 5.69 Å². The molecule has 1 atom stereocenters. The van der Waals surface area contributed by atoms with Crippen LogP contribution in [0.5, 0.6) is 11.6 Å². The summed E-state index contributed by atoms with van der Waals surface area (Å²) < 4.78 is 16.8. The second kappa shape index (κ2) is 14.1. The van der Waals surface area contributed by atoms with E-state index in [1.54, 1.807) is 6.07 Å². The van der Waals surface area contributed by atoms with E-state index in [4.69, 9.17) is 37.4 Å². The van der Waals surface area contributed by atoms with Crippen LogP contribution >= 0.6 is 23.2 Å². The number of carbonyl (C=O) groups excluding carboxylic acids is 1. The maximum absolute atomic E-state index is 12.0. The van der Waals surface area contributed by atoms with Crippen LogP contribution < -0.4 is 14.4 Å². The third-order valence-corrected chi connectivity index (χ3v) is 8.01. The van der Waals surface area contributed by atoms with Crippen LogP contribution in [-0.2, 0) is 9.53 Å². The number of aromatic nitrogens is 1. The first-order valence-electron chi connectivity index (χ1n) is 13.6. The van der Waals surface area contributed by atoms with E-state index in [0.717, 1.165) is 67.9 Å². The number of piperazine rings is 1. The van der Waals surface area contributed by atoms with Gasteiger partial charge in [0.1, 0.15) is 5.75 Å². The van der Waals surface area contributed by atoms with E-state index in [0.29, 0.717) is 22.5 Å². The van der Waals surface area contributed by atoms with Crippen LogP contribution in [0.1, 0.15) is 33.6 Å². The summed E-state index contributed by atoms with van der Waals surface area (Å²) >= 11 is 12.6. The lowest BCUT2D eigenvalue weighted by molar-refractivity contribution is -0.156. The Morgan fingerprint density at radius 1 is 0.974 bits per heavy atom. The van der Waals surface area contributed by atoms with Gasteiger partial charge in [-0.1, -0.05) is 50.0 Å². The number of ether oxygens (including phenoxy) is 3. The Morgan fingerprint density at radius 3 is 2.51 bits per heavy atom. The summed E-state index contributed by atoms with van der Waals surface area (Å²) in [5, 5.41) is 2.22. The van der Waals surface area contributed by atoms with E-state index < -0.39 is 0 Å². The molecular formula is C30H37Cl2N3O4. The van der Waals surface area contributed by atoms with E-state index in [1.807, 2.05) is 63.2 Å². The SMILES string of the molecule is CC(C)C(C)C(=O)OCOc1ccc2ccc(OCCCCN3CCN(c4cccc(Cl)c4Cl)CC3)cc2n1. The molecule has 1 saturated heterocycles. The Balaban J connectivity index is 1.17. The first-order chi connectivity index (χ1) is 18.8. The molecule has 1 fully saturated rings. The summed E-state index contributed by atoms with van der Waals surface area (Å²) in [4.78, 5) is 21.3. The van der Waals surface area contributed by atoms with Crippen molar-refractivity contribution in [1.82, 2.24) is 9.88 Å². The maximum atomic E-state index is 12.0. The summed E-state index contributed by atoms with van der Waals surface area (Å²) in [5.41, 5.74) is 1.78. The van der Waals surface area contributed by atoms with Crippen LogP contribution in [0.2, 0.25) is 10.0 Å². The fraction of sp³-hybridized carbons (Fsp3) is 0.467. The number of nitrogens with zero attached hydrogens (tertiary/aromatic N) is 3. The fourth-order valence-electron chi connectivity index (χ4n) is 4.38. The van der Waals surface area contributed by atoms with E-state index in [9.17, 15) is 4.79 Å². The Morgan fingerprint density at radius 2 is 1.74 bits per heavy atom. The highest BCUT2D eigenvalue weighted by Gasteiger charge is 2.20. The Labute approximate surface area is 240 Å². The van der Waals surface area contributed by atoms with Crippen molar-refractivity contribution in [2.75, 3.05) is 51.0 Å². The van der Waals surface area contributed by atoms with Crippen molar-refractivity contribution in [2.24, 2.45) is 11.8 Å². The molecule has 1 aromatic heterocycles. The summed E-state index contributed by atoms with van der Waals surface area (Å²) in [6.45, 7) is 11.2. The second-order valence-electron chi connectivity index (χ2n) is 10.2. The quantitative estimate of drug-likeness (QED) is 0.136. The predicted octanol–water partition coefficient (Wildman–Crippen LogP) is 6.69. The molecule has 3 aromatic rings. The van der Waals surface area contributed by atoms with Crippen molar-refractivity contribution in [3.8, 4) is 11.6 Å². The normalized spacial score (nSPS) is 15.0. The van der Waals surface area contributed by atoms with Crippen molar-refractivity contribution in [2.45, 2.75) is 33.6 Å². The van der Waals surface area contributed by atoms with Gasteiger partial charge in [-0.2, -0.15) is 0 Å². The molecular weight excluding hydrogens is 537 g/mol. The molecule has 4 rings (SSSR count). The lowest BCUT2D eigenvalue weighted by Crippen LogP contribution is -2.46. The summed E-state index contributed by atoms with van der Waals surface area (Å²) in [7, 11) is 0. The second-order valence-corrected chi connectivity index (χ2v) is 11.0. The number of unbranched alkanes of at least 4 members (excludes halogenated alkanes) is 1. The minimum absolute atomic E-state index is 0.159. The number of rotatable bonds is 12. The van der Waals surface area contributed by atoms with Gasteiger partial charge < -0.3 is 19.1 Å². The van der Waals surface area contributed by atoms with Gasteiger partial charge in [0, 0.05) is 43.7 Å². The maximum Gasteiger partial charge on any atom is 0.311 e. The molecule has 0 amide bonds. The molecule has 210 valence electrons. The van der Waals surface area contributed by atoms with Gasteiger partial charge in [0.25, 0.3) is 0 Å². The molecule has 1 unspecified atom stereocenters. The van der Waals surface area contributed by atoms with Gasteiger partial charge in [0.05, 0.1) is 33.8 Å². The lowest BCUT2D eigenvalue weighted by atomic mass is 9.99. The third-order valence-electron chi connectivity index (χ3n) is 7.20. The van der Waals surface area contributed by atoms with Crippen molar-refractivity contribution in [3.05, 3.63) is 58.6 Å². The highest BCUT2D eigenvalue weighted by molar-refractivity contribution is 6.43. The molecule has 0 aliphatic carbocycles. The summed E-state index contributed by atoms with van der Waals surface area (Å²) in [6, 6.07) is 15.4. The minimum Gasteiger partial charge on any atom is -0.494 e. The average Bonchev–Trinajstić information content (AvgIpc) is 2.94. The van der Waals surface area contributed by atoms with Crippen molar-refractivity contribution in [3.63, 3.8) is 0 Å². The topological polar surface area (TPSA) is 64.1 Å². The van der Waals surface area contributed by atoms with Crippen molar-refractivity contribution in [1.29, 1.82) is 0 Å². The largest absolute Gasteiger partial charge is 0.494 e. The molecule has 0 radical (unpaired) electrons. The Kier molecular flexibility index (Phi) is 10.5. The van der Waals surface area contributed by atoms with Gasteiger partial charge in [0.15, 0.2) is 0 Å². The first-order valence-corrected chi connectivity index (χ1v) is 14.3. The van der Waals surface area contributed by atoms with Crippen LogP contribution in [0.3, 0.4) is 0 Å². The average molecular weight is 575 g/mol. The molecule has 39 heavy (non-hydrogen) atoms. The van der Waals surface area contributed by atoms with Gasteiger partial charge in [-0.05, 0) is 55.6 Å². The summed E-state index contributed by atoms with van der Waals surface area (Å²) in [6.07, 6.45) is 2.03. The zero-order valence-electron chi connectivity index (χ0n) is 22.9. The van der Waals surface area contributed by atoms with E-state index >= 15 is 0 Å². The highest BCUT2D eigenvalue weighted by Crippen LogP contribution is 2.33. The molecule has 0 spiro atoms. The number of anilines is 1. The number of carbonyl (C=O) groups is 1. The molecule has 2 aromatic carbocycles. The standard InChI is InChI=1S/C30H37Cl2N3O4/c1-21(2)22(3)30(36)39-20-38-28-12-10-23-9-11-24(19-26(23)33-28)37-18-5-4-13-34-14-16-35(17-15-34)27-8-6-7-25(31)29(27)32/h6-12,19,21-22H,4-5,13-18,20H2,1-3H3. The molecule has 0 bridgehead atoms. The number of benzene rings is 2. The minimum atomic E-state index is -0.272. The smallest absolute Gasteiger partial charge is 0.311 e. The molecule has 0 saturated carbocycles. The van der Waals surface area contributed by atoms with E-state index in [-0.39, 0.29) is 24.6 Å². The number of fused-ring (bicyclic) bond motifs is 1. The number of halogens is 2. The Bertz CT molecular complexity index is 1250. The predicted molar refractivity (Wildman–Crippen MR) is 157 cm³/mol. The molecule has 9 heteroatoms. The molecule has 7 nitrogen and oxygen atoms in total. The van der Waals surface area contributed by atoms with Crippen LogP contribution in [-0.4, -0.2) is 62.0 Å². The molecule has 0 N–H and O–H groups in total. The van der Waals surface area contributed by atoms with Crippen molar-refractivity contribution < 1.29 is 19.0 Å². The fourth-order valence-corrected chi connectivity index (χ4v) is 4.79. The monoisotopic (exact) mass is 573 g/mol. The van der Waals surface area contributed by atoms with E-state index in [1.165, 1.54) is 0 Å².